The van der Waals surface area contributed by atoms with Gasteiger partial charge in [-0.25, -0.2) is 9.59 Å². The largest absolute Gasteiger partial charge is 0.479 e. The van der Waals surface area contributed by atoms with Gasteiger partial charge in [-0.3, -0.25) is 0 Å². The molecule has 10 N–H and O–H groups in total. The predicted molar refractivity (Wildman–Crippen MR) is 230 cm³/mol. The lowest BCUT2D eigenvalue weighted by atomic mass is 9.33. The summed E-state index contributed by atoms with van der Waals surface area (Å²) in [6.45, 7) is 19.8. The highest BCUT2D eigenvalue weighted by molar-refractivity contribution is 5.74. The van der Waals surface area contributed by atoms with Crippen molar-refractivity contribution in [1.82, 2.24) is 0 Å². The molecule has 18 heteroatoms. The fourth-order valence-electron chi connectivity index (χ4n) is 15.1. The van der Waals surface area contributed by atoms with E-state index in [0.717, 1.165) is 51.4 Å². The van der Waals surface area contributed by atoms with Crippen LogP contribution in [-0.4, -0.2) is 167 Å². The van der Waals surface area contributed by atoms with E-state index in [1.165, 1.54) is 12.5 Å². The van der Waals surface area contributed by atoms with E-state index < -0.39 is 116 Å². The van der Waals surface area contributed by atoms with Crippen LogP contribution in [0.3, 0.4) is 0 Å². The topological polar surface area (TPSA) is 292 Å². The van der Waals surface area contributed by atoms with Crippen molar-refractivity contribution in [2.75, 3.05) is 0 Å². The third-order valence-electron chi connectivity index (χ3n) is 19.3. The summed E-state index contributed by atoms with van der Waals surface area (Å²) >= 11 is 0. The summed E-state index contributed by atoms with van der Waals surface area (Å²) in [6.07, 6.45) is -18.7. The van der Waals surface area contributed by atoms with E-state index in [2.05, 4.69) is 61.5 Å². The molecule has 8 aliphatic rings. The monoisotopic (exact) mass is 941 g/mol. The first-order chi connectivity index (χ1) is 30.5. The van der Waals surface area contributed by atoms with Crippen molar-refractivity contribution in [1.29, 1.82) is 0 Å². The Labute approximate surface area is 386 Å². The Morgan fingerprint density at radius 1 is 0.591 bits per heavy atom. The van der Waals surface area contributed by atoms with Crippen LogP contribution in [0.15, 0.2) is 11.6 Å². The quantitative estimate of drug-likeness (QED) is 0.123. The molecule has 0 amide bonds. The molecule has 0 bridgehead atoms. The van der Waals surface area contributed by atoms with Crippen molar-refractivity contribution in [2.45, 2.75) is 224 Å². The van der Waals surface area contributed by atoms with Crippen LogP contribution in [0.5, 0.6) is 0 Å². The van der Waals surface area contributed by atoms with Gasteiger partial charge in [-0.2, -0.15) is 0 Å². The van der Waals surface area contributed by atoms with Gasteiger partial charge in [0.15, 0.2) is 31.1 Å². The number of hydrogen-bond donors (Lipinski definition) is 10. The molecule has 0 aromatic heterocycles. The normalized spacial score (nSPS) is 54.4. The first-order valence-corrected chi connectivity index (χ1v) is 24.1. The van der Waals surface area contributed by atoms with Crippen LogP contribution in [0.25, 0.3) is 0 Å². The third-order valence-corrected chi connectivity index (χ3v) is 19.3. The molecule has 3 heterocycles. The van der Waals surface area contributed by atoms with E-state index in [-0.39, 0.29) is 39.1 Å². The Kier molecular flexibility index (Phi) is 13.1. The average molecular weight is 941 g/mol. The van der Waals surface area contributed by atoms with E-state index in [1.807, 2.05) is 0 Å². The molecule has 18 nitrogen and oxygen atoms in total. The van der Waals surface area contributed by atoms with Crippen LogP contribution < -0.4 is 0 Å². The molecule has 7 fully saturated rings. The van der Waals surface area contributed by atoms with Gasteiger partial charge >= 0.3 is 11.9 Å². The zero-order valence-electron chi connectivity index (χ0n) is 39.7. The Bertz CT molecular complexity index is 1880. The Morgan fingerprint density at radius 2 is 1.15 bits per heavy atom. The van der Waals surface area contributed by atoms with Crippen molar-refractivity contribution in [3.05, 3.63) is 11.6 Å². The summed E-state index contributed by atoms with van der Waals surface area (Å²) < 4.78 is 35.8. The third kappa shape index (κ3) is 7.74. The molecule has 0 aromatic rings. The van der Waals surface area contributed by atoms with Crippen molar-refractivity contribution < 1.29 is 89.1 Å². The SMILES string of the molecule is CC1OC(OC2C(OC3C(OC4CCC5(C)C(CCC6(C)C5CC=C5C7CC(C)(C)CC(O)C7(C)CCC56C)C4(C)C)OC(C(=O)O)C(O)C3O)OC(C(=O)O)C(O)C2O)C(O)C(O)C1O. The van der Waals surface area contributed by atoms with Crippen LogP contribution in [-0.2, 0) is 38.0 Å². The summed E-state index contributed by atoms with van der Waals surface area (Å²) in [5, 5.41) is 108. The summed E-state index contributed by atoms with van der Waals surface area (Å²) in [6, 6.07) is 0. The molecule has 0 aromatic carbocycles. The molecule has 3 saturated heterocycles. The number of aliphatic hydroxyl groups is 8. The van der Waals surface area contributed by atoms with Gasteiger partial charge in [0.05, 0.1) is 18.3 Å². The predicted octanol–water partition coefficient (Wildman–Crippen LogP) is 1.82. The van der Waals surface area contributed by atoms with Gasteiger partial charge in [0.25, 0.3) is 0 Å². The van der Waals surface area contributed by atoms with Crippen LogP contribution in [0.2, 0.25) is 0 Å². The van der Waals surface area contributed by atoms with Gasteiger partial charge in [-0.15, -0.1) is 0 Å². The lowest BCUT2D eigenvalue weighted by Gasteiger charge is -2.71. The van der Waals surface area contributed by atoms with Crippen LogP contribution in [0.4, 0.5) is 0 Å². The minimum absolute atomic E-state index is 0.0282. The van der Waals surface area contributed by atoms with Crippen molar-refractivity contribution in [3.8, 4) is 0 Å². The molecule has 24 atom stereocenters. The average Bonchev–Trinajstić information content (AvgIpc) is 3.22. The molecule has 5 aliphatic carbocycles. The Morgan fingerprint density at radius 3 is 1.73 bits per heavy atom. The van der Waals surface area contributed by atoms with Crippen LogP contribution >= 0.6 is 0 Å². The lowest BCUT2D eigenvalue weighted by Crippen LogP contribution is -2.68. The number of aliphatic carboxylic acids is 2. The summed E-state index contributed by atoms with van der Waals surface area (Å²) in [5.41, 5.74) is 0.579. The van der Waals surface area contributed by atoms with Gasteiger partial charge in [-0.05, 0) is 110 Å². The minimum atomic E-state index is -2.13. The number of ether oxygens (including phenoxy) is 6. The smallest absolute Gasteiger partial charge is 0.335 e. The second-order valence-electron chi connectivity index (χ2n) is 23.8. The fourth-order valence-corrected chi connectivity index (χ4v) is 15.1. The van der Waals surface area contributed by atoms with E-state index >= 15 is 0 Å². The zero-order valence-corrected chi connectivity index (χ0v) is 39.7. The molecule has 3 aliphatic heterocycles. The second-order valence-corrected chi connectivity index (χ2v) is 23.8. The van der Waals surface area contributed by atoms with E-state index in [4.69, 9.17) is 28.4 Å². The maximum Gasteiger partial charge on any atom is 0.335 e. The number of aliphatic hydroxyl groups excluding tert-OH is 8. The standard InChI is InChI=1S/C48H76O18/c1-20-27(50)28(51)33(56)40(61-20)65-37-32(55)30(53)35(39(59)60)64-42(37)66-36-31(54)29(52)34(38(57)58)63-41(36)62-26-13-14-46(7)23(44(26,4)5)12-15-48(9)24(46)11-10-21-22-18-43(2,3)19-25(49)45(22,6)16-17-47(21,48)8/h10,20,22-37,40-42,49-56H,11-19H2,1-9H3,(H,57,58)(H,59,60). The Hall–Kier alpha value is -1.88. The fraction of sp³-hybridized carbons (Fsp3) is 0.917. The van der Waals surface area contributed by atoms with Gasteiger partial charge in [0.2, 0.25) is 0 Å². The van der Waals surface area contributed by atoms with E-state index in [9.17, 15) is 60.7 Å². The first kappa shape index (κ1) is 50.5. The number of fused-ring (bicyclic) bond motifs is 7. The first-order valence-electron chi connectivity index (χ1n) is 24.1. The maximum atomic E-state index is 12.5. The highest BCUT2D eigenvalue weighted by Crippen LogP contribution is 2.76. The summed E-state index contributed by atoms with van der Waals surface area (Å²) in [5.74, 6) is -2.57. The van der Waals surface area contributed by atoms with Crippen molar-refractivity contribution in [2.24, 2.45) is 50.2 Å². The number of carboxylic acids is 2. The maximum absolute atomic E-state index is 12.5. The van der Waals surface area contributed by atoms with Gasteiger partial charge < -0.3 is 79.5 Å². The number of rotatable bonds is 8. The van der Waals surface area contributed by atoms with Crippen molar-refractivity contribution in [3.63, 3.8) is 0 Å². The molecule has 0 radical (unpaired) electrons. The van der Waals surface area contributed by atoms with Gasteiger partial charge in [0.1, 0.15) is 54.9 Å². The zero-order chi connectivity index (χ0) is 48.6. The molecule has 376 valence electrons. The van der Waals surface area contributed by atoms with E-state index in [0.29, 0.717) is 18.3 Å². The lowest BCUT2D eigenvalue weighted by molar-refractivity contribution is -0.392. The molecular formula is C48H76O18. The van der Waals surface area contributed by atoms with Crippen LogP contribution in [0, 0.1) is 50.2 Å². The molecule has 4 saturated carbocycles. The molecule has 24 unspecified atom stereocenters. The summed E-state index contributed by atoms with van der Waals surface area (Å²) in [7, 11) is 0. The second kappa shape index (κ2) is 17.2. The number of carbonyl (C=O) groups is 2. The van der Waals surface area contributed by atoms with Gasteiger partial charge in [-0.1, -0.05) is 67.0 Å². The highest BCUT2D eigenvalue weighted by atomic mass is 16.8. The Balaban J connectivity index is 1.07. The minimum Gasteiger partial charge on any atom is -0.479 e. The molecule has 66 heavy (non-hydrogen) atoms. The summed E-state index contributed by atoms with van der Waals surface area (Å²) in [4.78, 5) is 24.7. The van der Waals surface area contributed by atoms with Gasteiger partial charge in [0, 0.05) is 5.41 Å². The van der Waals surface area contributed by atoms with Crippen LogP contribution in [0.1, 0.15) is 120 Å². The molecule has 0 spiro atoms. The highest BCUT2D eigenvalue weighted by Gasteiger charge is 2.69. The number of carboxylic acid groups (broad SMARTS) is 2. The van der Waals surface area contributed by atoms with Crippen molar-refractivity contribution >= 4 is 11.9 Å². The van der Waals surface area contributed by atoms with E-state index in [1.54, 1.807) is 0 Å². The number of allylic oxidation sites excluding steroid dienone is 2. The number of hydrogen-bond acceptors (Lipinski definition) is 16. The molecular weight excluding hydrogens is 865 g/mol. The molecule has 8 rings (SSSR count).